The summed E-state index contributed by atoms with van der Waals surface area (Å²) in [6.07, 6.45) is 2.25. The third-order valence-electron chi connectivity index (χ3n) is 6.72. The fourth-order valence-electron chi connectivity index (χ4n) is 5.44. The van der Waals surface area contributed by atoms with Gasteiger partial charge in [0, 0.05) is 28.1 Å². The molecule has 0 radical (unpaired) electrons. The van der Waals surface area contributed by atoms with Crippen LogP contribution in [0.1, 0.15) is 43.7 Å². The number of likely N-dealkylation sites (tertiary alicyclic amines) is 1. The summed E-state index contributed by atoms with van der Waals surface area (Å²) in [5, 5.41) is 3.86. The summed E-state index contributed by atoms with van der Waals surface area (Å²) in [7, 11) is 0. The molecular formula is C25H23Cl2FN2O3. The van der Waals surface area contributed by atoms with Crippen molar-refractivity contribution in [3.8, 4) is 0 Å². The number of rotatable bonds is 5. The van der Waals surface area contributed by atoms with Crippen molar-refractivity contribution < 1.29 is 18.8 Å². The van der Waals surface area contributed by atoms with Crippen molar-refractivity contribution in [1.82, 2.24) is 4.90 Å². The average Bonchev–Trinajstić information content (AvgIpc) is 3.04. The molecule has 33 heavy (non-hydrogen) atoms. The number of hydrogen-bond acceptors (Lipinski definition) is 3. The summed E-state index contributed by atoms with van der Waals surface area (Å²) >= 11 is 12.5. The minimum Gasteiger partial charge on any atom is -0.325 e. The Labute approximate surface area is 201 Å². The summed E-state index contributed by atoms with van der Waals surface area (Å²) in [6.45, 7) is 2.99. The Bertz CT molecular complexity index is 1180. The quantitative estimate of drug-likeness (QED) is 0.451. The molecule has 3 atom stereocenters. The molecule has 0 saturated carbocycles. The van der Waals surface area contributed by atoms with Gasteiger partial charge in [-0.2, -0.15) is 4.39 Å². The van der Waals surface area contributed by atoms with E-state index < -0.39 is 35.9 Å². The molecule has 2 aromatic carbocycles. The van der Waals surface area contributed by atoms with Crippen molar-refractivity contribution in [2.45, 2.75) is 44.1 Å². The number of nitrogens with zero attached hydrogens (tertiary/aromatic N) is 1. The molecule has 2 aliphatic rings. The van der Waals surface area contributed by atoms with Crippen molar-refractivity contribution in [2.75, 3.05) is 11.9 Å². The minimum absolute atomic E-state index is 0.0830. The maximum absolute atomic E-state index is 13.9. The van der Waals surface area contributed by atoms with E-state index >= 15 is 0 Å². The van der Waals surface area contributed by atoms with Crippen molar-refractivity contribution in [2.24, 2.45) is 0 Å². The first-order valence-corrected chi connectivity index (χ1v) is 11.5. The standard InChI is InChI=1S/C25H23Cl2FN2O3/c1-3-14(4-2)23-25(18-9-8-17(27)11-20(18)29-24(25)33)19(15-6-5-7-16(26)10-15)12-22(32)30(23)13-21(28)31/h3,5-11,19,23H,4,12-13H2,1-2H3,(H,29,33)/t19-,23+,25-/m0/s1. The van der Waals surface area contributed by atoms with Gasteiger partial charge in [-0.25, -0.2) is 0 Å². The van der Waals surface area contributed by atoms with Crippen LogP contribution in [0.2, 0.25) is 10.0 Å². The Morgan fingerprint density at radius 1 is 1.21 bits per heavy atom. The number of nitrogens with one attached hydrogen (secondary N) is 1. The average molecular weight is 489 g/mol. The van der Waals surface area contributed by atoms with Crippen molar-refractivity contribution in [3.05, 3.63) is 75.3 Å². The van der Waals surface area contributed by atoms with Gasteiger partial charge in [0.2, 0.25) is 11.8 Å². The number of anilines is 1. The lowest BCUT2D eigenvalue weighted by Crippen LogP contribution is -2.64. The van der Waals surface area contributed by atoms with Crippen molar-refractivity contribution in [1.29, 1.82) is 0 Å². The number of benzene rings is 2. The molecule has 0 aromatic heterocycles. The largest absolute Gasteiger partial charge is 0.325 e. The molecular weight excluding hydrogens is 466 g/mol. The second-order valence-electron chi connectivity index (χ2n) is 8.32. The highest BCUT2D eigenvalue weighted by atomic mass is 35.5. The van der Waals surface area contributed by atoms with Crippen LogP contribution in [0.5, 0.6) is 0 Å². The molecule has 8 heteroatoms. The lowest BCUT2D eigenvalue weighted by molar-refractivity contribution is -0.149. The molecule has 2 heterocycles. The number of fused-ring (bicyclic) bond motifs is 2. The van der Waals surface area contributed by atoms with Gasteiger partial charge in [-0.15, -0.1) is 0 Å². The summed E-state index contributed by atoms with van der Waals surface area (Å²) in [4.78, 5) is 40.1. The van der Waals surface area contributed by atoms with E-state index in [9.17, 15) is 18.8 Å². The second kappa shape index (κ2) is 8.92. The molecule has 1 saturated heterocycles. The number of carbonyl (C=O) groups excluding carboxylic acids is 3. The molecule has 4 rings (SSSR count). The lowest BCUT2D eigenvalue weighted by Gasteiger charge is -2.51. The van der Waals surface area contributed by atoms with E-state index in [2.05, 4.69) is 5.32 Å². The van der Waals surface area contributed by atoms with Crippen LogP contribution in [0.15, 0.2) is 54.1 Å². The molecule has 2 amide bonds. The second-order valence-corrected chi connectivity index (χ2v) is 9.19. The first-order valence-electron chi connectivity index (χ1n) is 10.7. The molecule has 172 valence electrons. The Kier molecular flexibility index (Phi) is 6.34. The van der Waals surface area contributed by atoms with Gasteiger partial charge in [-0.3, -0.25) is 14.4 Å². The normalized spacial score (nSPS) is 24.8. The monoisotopic (exact) mass is 488 g/mol. The van der Waals surface area contributed by atoms with Crippen molar-refractivity contribution in [3.63, 3.8) is 0 Å². The predicted molar refractivity (Wildman–Crippen MR) is 126 cm³/mol. The number of hydrogen-bond donors (Lipinski definition) is 1. The maximum Gasteiger partial charge on any atom is 0.320 e. The van der Waals surface area contributed by atoms with Gasteiger partial charge >= 0.3 is 6.04 Å². The van der Waals surface area contributed by atoms with Crippen LogP contribution in [0.25, 0.3) is 0 Å². The van der Waals surface area contributed by atoms with Gasteiger partial charge in [0.25, 0.3) is 0 Å². The van der Waals surface area contributed by atoms with Gasteiger partial charge < -0.3 is 10.2 Å². The van der Waals surface area contributed by atoms with Gasteiger partial charge in [0.1, 0.15) is 12.0 Å². The first-order chi connectivity index (χ1) is 15.7. The zero-order valence-electron chi connectivity index (χ0n) is 18.2. The molecule has 2 aromatic rings. The molecule has 0 aliphatic carbocycles. The highest BCUT2D eigenvalue weighted by molar-refractivity contribution is 6.31. The van der Waals surface area contributed by atoms with Gasteiger partial charge in [0.05, 0.1) is 6.04 Å². The van der Waals surface area contributed by atoms with Crippen LogP contribution in [0, 0.1) is 0 Å². The molecule has 0 unspecified atom stereocenters. The molecule has 1 N–H and O–H groups in total. The van der Waals surface area contributed by atoms with E-state index in [-0.39, 0.29) is 12.3 Å². The summed E-state index contributed by atoms with van der Waals surface area (Å²) in [6, 6.07) is 9.71. The van der Waals surface area contributed by atoms with Crippen LogP contribution in [-0.2, 0) is 19.8 Å². The third kappa shape index (κ3) is 3.75. The molecule has 1 spiro atoms. The Balaban J connectivity index is 2.07. The van der Waals surface area contributed by atoms with Gasteiger partial charge in [0.15, 0.2) is 0 Å². The lowest BCUT2D eigenvalue weighted by atomic mass is 9.58. The van der Waals surface area contributed by atoms with Crippen molar-refractivity contribution >= 4 is 46.7 Å². The minimum atomic E-state index is -1.63. The van der Waals surface area contributed by atoms with E-state index in [1.54, 1.807) is 36.4 Å². The fraction of sp³-hybridized carbons (Fsp3) is 0.320. The number of allylic oxidation sites excluding steroid dienone is 1. The first kappa shape index (κ1) is 23.5. The van der Waals surface area contributed by atoms with Crippen LogP contribution < -0.4 is 5.32 Å². The molecule has 0 bridgehead atoms. The van der Waals surface area contributed by atoms with Crippen LogP contribution in [0.3, 0.4) is 0 Å². The SMILES string of the molecule is CC=C(CC)[C@H]1N(CC(=O)F)C(=O)C[C@@H](c2cccc(Cl)c2)[C@]12C(=O)Nc1cc(Cl)ccc12. The van der Waals surface area contributed by atoms with E-state index in [1.165, 1.54) is 4.90 Å². The number of carbonyl (C=O) groups is 3. The predicted octanol–water partition coefficient (Wildman–Crippen LogP) is 5.42. The molecule has 2 aliphatic heterocycles. The summed E-state index contributed by atoms with van der Waals surface area (Å²) in [5.41, 5.74) is 1.37. The molecule has 1 fully saturated rings. The number of amides is 2. The topological polar surface area (TPSA) is 66.5 Å². The van der Waals surface area contributed by atoms with Gasteiger partial charge in [-0.05, 0) is 48.7 Å². The number of halogens is 3. The Hall–Kier alpha value is -2.70. The van der Waals surface area contributed by atoms with E-state index in [0.29, 0.717) is 27.7 Å². The fourth-order valence-corrected chi connectivity index (χ4v) is 5.82. The highest BCUT2D eigenvalue weighted by Crippen LogP contribution is 2.57. The third-order valence-corrected chi connectivity index (χ3v) is 7.19. The number of piperidine rings is 1. The van der Waals surface area contributed by atoms with Crippen LogP contribution >= 0.6 is 23.2 Å². The zero-order valence-corrected chi connectivity index (χ0v) is 19.7. The van der Waals surface area contributed by atoms with Crippen LogP contribution in [0.4, 0.5) is 10.1 Å². The highest BCUT2D eigenvalue weighted by Gasteiger charge is 2.63. The smallest absolute Gasteiger partial charge is 0.320 e. The Morgan fingerprint density at radius 2 is 1.94 bits per heavy atom. The Morgan fingerprint density at radius 3 is 2.58 bits per heavy atom. The molecule has 5 nitrogen and oxygen atoms in total. The summed E-state index contributed by atoms with van der Waals surface area (Å²) < 4.78 is 13.7. The van der Waals surface area contributed by atoms with Gasteiger partial charge in [-0.1, -0.05) is 60.0 Å². The van der Waals surface area contributed by atoms with Crippen LogP contribution in [-0.4, -0.2) is 35.3 Å². The van der Waals surface area contributed by atoms with E-state index in [1.807, 2.05) is 26.0 Å². The van der Waals surface area contributed by atoms with E-state index in [4.69, 9.17) is 23.2 Å². The maximum atomic E-state index is 13.9. The summed E-state index contributed by atoms with van der Waals surface area (Å²) in [5.74, 6) is -1.32. The van der Waals surface area contributed by atoms with E-state index in [0.717, 1.165) is 11.1 Å². The zero-order chi connectivity index (χ0) is 23.9.